The predicted octanol–water partition coefficient (Wildman–Crippen LogP) is 4.65. The normalized spacial score (nSPS) is 18.2. The zero-order valence-electron chi connectivity index (χ0n) is 26.0. The Morgan fingerprint density at radius 3 is 2.62 bits per heavy atom. The first kappa shape index (κ1) is 32.9. The molecule has 0 bridgehead atoms. The van der Waals surface area contributed by atoms with Crippen LogP contribution in [0.5, 0.6) is 11.5 Å². The number of carbonyl (C=O) groups is 2. The molecule has 2 aliphatic rings. The van der Waals surface area contributed by atoms with Gasteiger partial charge in [0.2, 0.25) is 5.91 Å². The van der Waals surface area contributed by atoms with Gasteiger partial charge in [0.05, 0.1) is 29.9 Å². The van der Waals surface area contributed by atoms with E-state index in [2.05, 4.69) is 10.3 Å². The number of fused-ring (bicyclic) bond motifs is 1. The third-order valence-electron chi connectivity index (χ3n) is 8.74. The number of hydrogen-bond donors (Lipinski definition) is 4. The third-order valence-corrected chi connectivity index (χ3v) is 9.03. The number of nitrogens with one attached hydrogen (secondary N) is 2. The van der Waals surface area contributed by atoms with Gasteiger partial charge < -0.3 is 30.2 Å². The van der Waals surface area contributed by atoms with Gasteiger partial charge in [0, 0.05) is 29.6 Å². The smallest absolute Gasteiger partial charge is 0.253 e. The number of aromatic nitrogens is 2. The van der Waals surface area contributed by atoms with E-state index in [4.69, 9.17) is 32.2 Å². The first-order valence-corrected chi connectivity index (χ1v) is 15.5. The van der Waals surface area contributed by atoms with E-state index in [1.165, 1.54) is 30.0 Å². The molecule has 2 amide bonds. The van der Waals surface area contributed by atoms with Crippen LogP contribution in [0.4, 0.5) is 8.78 Å². The molecular formula is C35H32ClF2N5O5. The van der Waals surface area contributed by atoms with Gasteiger partial charge in [-0.2, -0.15) is 0 Å². The largest absolute Gasteiger partial charge is 0.493 e. The second-order valence-electron chi connectivity index (χ2n) is 12.1. The SMILES string of the molecule is COc1cc(C(=O)NC[C@@](O)(c2ccccc2)c2cc3c(c(-c4cc(Cl)c(F)cc4F)n2)OC[C@]3(C)C(N)=O)cn(/C=C/C2CC2)c1=N. The number of ether oxygens (including phenoxy) is 2. The highest BCUT2D eigenvalue weighted by atomic mass is 35.5. The summed E-state index contributed by atoms with van der Waals surface area (Å²) in [4.78, 5) is 31.0. The summed E-state index contributed by atoms with van der Waals surface area (Å²) in [5, 5.41) is 23.3. The Morgan fingerprint density at radius 2 is 1.96 bits per heavy atom. The van der Waals surface area contributed by atoms with Crippen LogP contribution in [-0.2, 0) is 15.8 Å². The Balaban J connectivity index is 1.47. The van der Waals surface area contributed by atoms with Gasteiger partial charge in [0.15, 0.2) is 11.2 Å². The van der Waals surface area contributed by atoms with E-state index in [9.17, 15) is 19.1 Å². The number of benzene rings is 2. The van der Waals surface area contributed by atoms with Gasteiger partial charge in [-0.25, -0.2) is 13.8 Å². The highest BCUT2D eigenvalue weighted by Gasteiger charge is 2.46. The van der Waals surface area contributed by atoms with Crippen LogP contribution in [0.25, 0.3) is 17.5 Å². The van der Waals surface area contributed by atoms with E-state index in [0.29, 0.717) is 17.5 Å². The molecule has 3 heterocycles. The minimum absolute atomic E-state index is 0.0208. The Bertz CT molecular complexity index is 2030. The molecule has 0 radical (unpaired) electrons. The summed E-state index contributed by atoms with van der Waals surface area (Å²) in [6.45, 7) is 0.906. The molecule has 2 atom stereocenters. The number of carbonyl (C=O) groups excluding carboxylic acids is 2. The summed E-state index contributed by atoms with van der Waals surface area (Å²) in [6.07, 6.45) is 7.29. The molecule has 248 valence electrons. The van der Waals surface area contributed by atoms with Gasteiger partial charge in [0.1, 0.15) is 40.7 Å². The monoisotopic (exact) mass is 675 g/mol. The molecule has 1 fully saturated rings. The Hall–Kier alpha value is -5.07. The summed E-state index contributed by atoms with van der Waals surface area (Å²) in [6, 6.07) is 12.8. The van der Waals surface area contributed by atoms with Crippen molar-refractivity contribution in [2.75, 3.05) is 20.3 Å². The number of primary amides is 1. The maximum absolute atomic E-state index is 15.3. The molecule has 0 unspecified atom stereocenters. The molecule has 1 aliphatic heterocycles. The van der Waals surface area contributed by atoms with Crippen LogP contribution in [0.1, 0.15) is 46.9 Å². The second kappa shape index (κ2) is 12.5. The van der Waals surface area contributed by atoms with Gasteiger partial charge in [-0.05, 0) is 49.4 Å². The van der Waals surface area contributed by atoms with E-state index in [-0.39, 0.29) is 56.7 Å². The van der Waals surface area contributed by atoms with E-state index in [1.54, 1.807) is 43.5 Å². The lowest BCUT2D eigenvalue weighted by molar-refractivity contribution is -0.123. The van der Waals surface area contributed by atoms with Crippen LogP contribution in [0, 0.1) is 23.0 Å². The quantitative estimate of drug-likeness (QED) is 0.180. The maximum atomic E-state index is 15.3. The predicted molar refractivity (Wildman–Crippen MR) is 173 cm³/mol. The molecule has 2 aromatic heterocycles. The number of amides is 2. The zero-order valence-corrected chi connectivity index (χ0v) is 26.8. The van der Waals surface area contributed by atoms with Crippen molar-refractivity contribution >= 4 is 29.6 Å². The van der Waals surface area contributed by atoms with Crippen molar-refractivity contribution in [2.24, 2.45) is 11.7 Å². The molecule has 13 heteroatoms. The topological polar surface area (TPSA) is 153 Å². The van der Waals surface area contributed by atoms with Crippen molar-refractivity contribution in [3.8, 4) is 22.8 Å². The third kappa shape index (κ3) is 5.93. The summed E-state index contributed by atoms with van der Waals surface area (Å²) in [5.74, 6) is -2.73. The van der Waals surface area contributed by atoms with Gasteiger partial charge in [0.25, 0.3) is 5.91 Å². The van der Waals surface area contributed by atoms with E-state index >= 15 is 4.39 Å². The van der Waals surface area contributed by atoms with E-state index < -0.39 is 41.0 Å². The number of halogens is 3. The fraction of sp³-hybridized carbons (Fsp3) is 0.257. The molecule has 48 heavy (non-hydrogen) atoms. The number of rotatable bonds is 10. The Kier molecular flexibility index (Phi) is 8.56. The van der Waals surface area contributed by atoms with Crippen LogP contribution in [0.3, 0.4) is 0 Å². The molecular weight excluding hydrogens is 644 g/mol. The summed E-state index contributed by atoms with van der Waals surface area (Å²) >= 11 is 6.03. The number of pyridine rings is 2. The molecule has 0 saturated heterocycles. The van der Waals surface area contributed by atoms with Crippen LogP contribution in [-0.4, -0.2) is 46.7 Å². The number of nitrogens with zero attached hydrogens (tertiary/aromatic N) is 2. The lowest BCUT2D eigenvalue weighted by atomic mass is 9.80. The fourth-order valence-corrected chi connectivity index (χ4v) is 5.70. The van der Waals surface area contributed by atoms with Crippen LogP contribution in [0.15, 0.2) is 66.9 Å². The van der Waals surface area contributed by atoms with Crippen molar-refractivity contribution in [1.29, 1.82) is 5.41 Å². The zero-order chi connectivity index (χ0) is 34.4. The molecule has 5 N–H and O–H groups in total. The van der Waals surface area contributed by atoms with E-state index in [0.717, 1.165) is 18.9 Å². The highest BCUT2D eigenvalue weighted by Crippen LogP contribution is 2.47. The number of allylic oxidation sites excluding steroid dienone is 1. The summed E-state index contributed by atoms with van der Waals surface area (Å²) in [7, 11) is 1.40. The standard InChI is InChI=1S/C35H32ClF2N5O5/c1-34(33(40)45)18-48-30-23(34)14-28(42-29(30)22-13-24(36)26(38)15-25(22)37)35(46,21-6-4-3-5-7-21)17-41-32(44)20-12-27(47-2)31(39)43(16-20)11-10-19-8-9-19/h3-7,10-16,19,39,46H,8-9,17-18H2,1-2H3,(H2,40,45)(H,41,44)/b11-10+,39-31?/t34-,35+/m0/s1. The average Bonchev–Trinajstić information content (AvgIpc) is 3.85. The molecule has 10 nitrogen and oxygen atoms in total. The van der Waals surface area contributed by atoms with Crippen molar-refractivity contribution < 1.29 is 33.0 Å². The molecule has 2 aromatic carbocycles. The second-order valence-corrected chi connectivity index (χ2v) is 12.5. The minimum atomic E-state index is -2.07. The van der Waals surface area contributed by atoms with Crippen LogP contribution in [0.2, 0.25) is 5.02 Å². The molecule has 0 spiro atoms. The average molecular weight is 676 g/mol. The van der Waals surface area contributed by atoms with Gasteiger partial charge in [-0.3, -0.25) is 15.0 Å². The van der Waals surface area contributed by atoms with Crippen molar-refractivity contribution in [3.05, 3.63) is 111 Å². The lowest BCUT2D eigenvalue weighted by Gasteiger charge is -2.30. The van der Waals surface area contributed by atoms with Gasteiger partial charge >= 0.3 is 0 Å². The van der Waals surface area contributed by atoms with E-state index in [1.807, 2.05) is 6.08 Å². The van der Waals surface area contributed by atoms with Crippen molar-refractivity contribution in [1.82, 2.24) is 14.9 Å². The van der Waals surface area contributed by atoms with Crippen molar-refractivity contribution in [2.45, 2.75) is 30.8 Å². The molecule has 1 aliphatic carbocycles. The number of nitrogens with two attached hydrogens (primary N) is 1. The van der Waals surface area contributed by atoms with Crippen LogP contribution >= 0.6 is 11.6 Å². The molecule has 4 aromatic rings. The van der Waals surface area contributed by atoms with Gasteiger partial charge in [-0.1, -0.05) is 48.0 Å². The number of aliphatic hydroxyl groups is 1. The Morgan fingerprint density at radius 1 is 1.23 bits per heavy atom. The van der Waals surface area contributed by atoms with Crippen LogP contribution < -0.4 is 26.0 Å². The highest BCUT2D eigenvalue weighted by molar-refractivity contribution is 6.31. The summed E-state index contributed by atoms with van der Waals surface area (Å²) < 4.78 is 42.2. The molecule has 1 saturated carbocycles. The number of hydrogen-bond acceptors (Lipinski definition) is 7. The first-order chi connectivity index (χ1) is 22.9. The number of methoxy groups -OCH3 is 1. The lowest BCUT2D eigenvalue weighted by Crippen LogP contribution is -2.43. The van der Waals surface area contributed by atoms with Gasteiger partial charge in [-0.15, -0.1) is 0 Å². The minimum Gasteiger partial charge on any atom is -0.493 e. The van der Waals surface area contributed by atoms with Crippen molar-refractivity contribution in [3.63, 3.8) is 0 Å². The Labute approximate surface area is 279 Å². The summed E-state index contributed by atoms with van der Waals surface area (Å²) in [5.41, 5.74) is 2.59. The first-order valence-electron chi connectivity index (χ1n) is 15.1. The maximum Gasteiger partial charge on any atom is 0.253 e. The molecule has 6 rings (SSSR count). The fourth-order valence-electron chi connectivity index (χ4n) is 5.54.